The summed E-state index contributed by atoms with van der Waals surface area (Å²) < 4.78 is 0.844. The van der Waals surface area contributed by atoms with Gasteiger partial charge in [-0.25, -0.2) is 5.48 Å². The van der Waals surface area contributed by atoms with Crippen molar-refractivity contribution < 1.29 is 4.84 Å². The van der Waals surface area contributed by atoms with Gasteiger partial charge in [-0.15, -0.1) is 0 Å². The van der Waals surface area contributed by atoms with Crippen molar-refractivity contribution in [1.82, 2.24) is 5.48 Å². The molecule has 2 rings (SSSR count). The van der Waals surface area contributed by atoms with Gasteiger partial charge in [-0.05, 0) is 28.1 Å². The lowest BCUT2D eigenvalue weighted by atomic mass is 10.2. The molecule has 0 radical (unpaired) electrons. The lowest BCUT2D eigenvalue weighted by Gasteiger charge is -2.14. The Morgan fingerprint density at radius 3 is 3.00 bits per heavy atom. The van der Waals surface area contributed by atoms with Crippen LogP contribution in [0.1, 0.15) is 5.56 Å². The first-order chi connectivity index (χ1) is 5.36. The molecule has 0 saturated heterocycles. The van der Waals surface area contributed by atoms with Gasteiger partial charge in [-0.1, -0.05) is 18.2 Å². The third kappa shape index (κ3) is 1.24. The van der Waals surface area contributed by atoms with E-state index in [4.69, 9.17) is 4.84 Å². The molecule has 0 fully saturated rings. The van der Waals surface area contributed by atoms with E-state index in [1.165, 1.54) is 0 Å². The van der Waals surface area contributed by atoms with Gasteiger partial charge in [0.05, 0.1) is 0 Å². The minimum Gasteiger partial charge on any atom is -0.381 e. The van der Waals surface area contributed by atoms with E-state index < -0.39 is 0 Å². The molecule has 0 saturated carbocycles. The average Bonchev–Trinajstić information content (AvgIpc) is 2.04. The van der Waals surface area contributed by atoms with Crippen LogP contribution in [0, 0.1) is 0 Å². The molecule has 0 bridgehead atoms. The maximum Gasteiger partial charge on any atom is 0.162 e. The second kappa shape index (κ2) is 2.58. The Bertz CT molecular complexity index is 309. The molecule has 0 aromatic heterocycles. The van der Waals surface area contributed by atoms with E-state index in [0.29, 0.717) is 0 Å². The molecule has 1 heterocycles. The Balaban J connectivity index is 2.51. The molecule has 3 heteroatoms. The monoisotopic (exact) mass is 211 g/mol. The maximum absolute atomic E-state index is 5.17. The van der Waals surface area contributed by atoms with E-state index in [2.05, 4.69) is 21.4 Å². The molecule has 0 spiro atoms. The van der Waals surface area contributed by atoms with Crippen LogP contribution in [0.15, 0.2) is 28.9 Å². The van der Waals surface area contributed by atoms with Crippen molar-refractivity contribution in [3.05, 3.63) is 34.4 Å². The average molecular weight is 212 g/mol. The smallest absolute Gasteiger partial charge is 0.162 e. The number of halogens is 1. The molecule has 1 aliphatic heterocycles. The minimum atomic E-state index is 0.844. The molecule has 0 amide bonds. The van der Waals surface area contributed by atoms with Crippen LogP contribution < -0.4 is 10.3 Å². The summed E-state index contributed by atoms with van der Waals surface area (Å²) >= 11 is 3.28. The first kappa shape index (κ1) is 6.73. The van der Waals surface area contributed by atoms with E-state index in [-0.39, 0.29) is 0 Å². The first-order valence-electron chi connectivity index (χ1n) is 3.25. The van der Waals surface area contributed by atoms with E-state index in [1.54, 1.807) is 0 Å². The highest BCUT2D eigenvalue weighted by molar-refractivity contribution is 9.11. The van der Waals surface area contributed by atoms with Gasteiger partial charge >= 0.3 is 0 Å². The number of fused-ring (bicyclic) bond motifs is 1. The van der Waals surface area contributed by atoms with Crippen LogP contribution in [0.3, 0.4) is 0 Å². The molecule has 0 atom stereocenters. The number of benzene rings is 1. The molecule has 1 N–H and O–H groups in total. The molecular weight excluding hydrogens is 206 g/mol. The quantitative estimate of drug-likeness (QED) is 0.666. The Morgan fingerprint density at radius 1 is 1.27 bits per heavy atom. The van der Waals surface area contributed by atoms with Crippen molar-refractivity contribution in [3.63, 3.8) is 0 Å². The van der Waals surface area contributed by atoms with Gasteiger partial charge in [0, 0.05) is 5.56 Å². The zero-order valence-electron chi connectivity index (χ0n) is 5.67. The van der Waals surface area contributed by atoms with Crippen molar-refractivity contribution >= 4 is 22.0 Å². The largest absolute Gasteiger partial charge is 0.381 e. The fourth-order valence-corrected chi connectivity index (χ4v) is 1.29. The lowest BCUT2D eigenvalue weighted by molar-refractivity contribution is 0.236. The minimum absolute atomic E-state index is 0.844. The third-order valence-corrected chi connectivity index (χ3v) is 1.85. The zero-order chi connectivity index (χ0) is 7.68. The molecular formula is C8H6BrNO. The van der Waals surface area contributed by atoms with Crippen LogP contribution in [-0.2, 0) is 0 Å². The molecule has 2 nitrogen and oxygen atoms in total. The summed E-state index contributed by atoms with van der Waals surface area (Å²) in [5.41, 5.74) is 3.80. The van der Waals surface area contributed by atoms with Gasteiger partial charge < -0.3 is 4.84 Å². The normalized spacial score (nSPS) is 14.1. The molecule has 1 aromatic rings. The second-order valence-corrected chi connectivity index (χ2v) is 3.09. The second-order valence-electron chi connectivity index (χ2n) is 2.23. The summed E-state index contributed by atoms with van der Waals surface area (Å²) in [6.07, 6.45) is 1.97. The number of hydroxylamine groups is 1. The predicted octanol–water partition coefficient (Wildman–Crippen LogP) is 2.28. The molecule has 1 aliphatic rings. The topological polar surface area (TPSA) is 21.3 Å². The van der Waals surface area contributed by atoms with Crippen LogP contribution in [0.5, 0.6) is 5.75 Å². The summed E-state index contributed by atoms with van der Waals surface area (Å²) in [7, 11) is 0. The van der Waals surface area contributed by atoms with E-state index >= 15 is 0 Å². The third-order valence-electron chi connectivity index (χ3n) is 1.46. The first-order valence-corrected chi connectivity index (χ1v) is 4.04. The Morgan fingerprint density at radius 2 is 2.09 bits per heavy atom. The fourth-order valence-electron chi connectivity index (χ4n) is 0.962. The molecule has 56 valence electrons. The van der Waals surface area contributed by atoms with Gasteiger partial charge in [-0.3, -0.25) is 0 Å². The van der Waals surface area contributed by atoms with Crippen molar-refractivity contribution in [2.24, 2.45) is 0 Å². The highest BCUT2D eigenvalue weighted by Crippen LogP contribution is 2.24. The van der Waals surface area contributed by atoms with Gasteiger partial charge in [0.15, 0.2) is 5.75 Å². The Labute approximate surface area is 73.0 Å². The summed E-state index contributed by atoms with van der Waals surface area (Å²) in [5, 5.41) is 0. The fraction of sp³-hybridized carbons (Fsp3) is 0. The van der Waals surface area contributed by atoms with Crippen molar-refractivity contribution in [2.75, 3.05) is 0 Å². The van der Waals surface area contributed by atoms with Gasteiger partial charge in [0.2, 0.25) is 0 Å². The van der Waals surface area contributed by atoms with E-state index in [9.17, 15) is 0 Å². The summed E-state index contributed by atoms with van der Waals surface area (Å²) in [6.45, 7) is 0. The van der Waals surface area contributed by atoms with Gasteiger partial charge in [-0.2, -0.15) is 0 Å². The number of rotatable bonds is 0. The molecule has 11 heavy (non-hydrogen) atoms. The SMILES string of the molecule is BrC1=Cc2ccccc2ON1. The van der Waals surface area contributed by atoms with Crippen molar-refractivity contribution in [1.29, 1.82) is 0 Å². The van der Waals surface area contributed by atoms with E-state index in [0.717, 1.165) is 15.9 Å². The lowest BCUT2D eigenvalue weighted by Crippen LogP contribution is -2.17. The highest BCUT2D eigenvalue weighted by Gasteiger charge is 2.06. The number of para-hydroxylation sites is 1. The van der Waals surface area contributed by atoms with Gasteiger partial charge in [0.1, 0.15) is 4.61 Å². The van der Waals surface area contributed by atoms with Crippen LogP contribution in [0.4, 0.5) is 0 Å². The molecule has 0 unspecified atom stereocenters. The highest BCUT2D eigenvalue weighted by atomic mass is 79.9. The standard InChI is InChI=1S/C8H6BrNO/c9-8-5-6-3-1-2-4-7(6)11-10-8/h1-5,10H. The van der Waals surface area contributed by atoms with Gasteiger partial charge in [0.25, 0.3) is 0 Å². The van der Waals surface area contributed by atoms with Crippen molar-refractivity contribution in [3.8, 4) is 5.75 Å². The number of nitrogens with one attached hydrogen (secondary N) is 1. The number of hydrogen-bond donors (Lipinski definition) is 1. The Kier molecular flexibility index (Phi) is 1.58. The van der Waals surface area contributed by atoms with Crippen LogP contribution >= 0.6 is 15.9 Å². The zero-order valence-corrected chi connectivity index (χ0v) is 7.26. The molecule has 0 aliphatic carbocycles. The Hall–Kier alpha value is -0.960. The predicted molar refractivity (Wildman–Crippen MR) is 47.1 cm³/mol. The molecule has 1 aromatic carbocycles. The maximum atomic E-state index is 5.17. The number of hydrogen-bond acceptors (Lipinski definition) is 2. The van der Waals surface area contributed by atoms with Crippen molar-refractivity contribution in [2.45, 2.75) is 0 Å². The van der Waals surface area contributed by atoms with Crippen LogP contribution in [-0.4, -0.2) is 0 Å². The summed E-state index contributed by atoms with van der Waals surface area (Å²) in [6, 6.07) is 7.83. The summed E-state index contributed by atoms with van der Waals surface area (Å²) in [5.74, 6) is 0.857. The van der Waals surface area contributed by atoms with Crippen LogP contribution in [0.2, 0.25) is 0 Å². The van der Waals surface area contributed by atoms with Crippen LogP contribution in [0.25, 0.3) is 6.08 Å². The van der Waals surface area contributed by atoms with E-state index in [1.807, 2.05) is 30.3 Å². The summed E-state index contributed by atoms with van der Waals surface area (Å²) in [4.78, 5) is 5.17.